The fourth-order valence-electron chi connectivity index (χ4n) is 5.56. The number of hydrogen-bond acceptors (Lipinski definition) is 2. The molecule has 0 aromatic heterocycles. The number of carbonyl (C=O) groups excluding carboxylic acids is 1. The van der Waals surface area contributed by atoms with E-state index in [0.717, 1.165) is 23.7 Å². The normalized spacial score (nSPS) is 42.5. The lowest BCUT2D eigenvalue weighted by molar-refractivity contribution is -0.124. The maximum atomic E-state index is 12.6. The summed E-state index contributed by atoms with van der Waals surface area (Å²) < 4.78 is 0. The van der Waals surface area contributed by atoms with Crippen LogP contribution in [0.25, 0.3) is 0 Å². The summed E-state index contributed by atoms with van der Waals surface area (Å²) in [6.45, 7) is 2.38. The second-order valence-corrected chi connectivity index (χ2v) is 8.44. The van der Waals surface area contributed by atoms with Gasteiger partial charge < -0.3 is 10.6 Å². The quantitative estimate of drug-likeness (QED) is 0.841. The molecular weight excluding hydrogens is 272 g/mol. The predicted molar refractivity (Wildman–Crippen MR) is 88.4 cm³/mol. The van der Waals surface area contributed by atoms with Crippen molar-refractivity contribution in [1.82, 2.24) is 10.6 Å². The average Bonchev–Trinajstić information content (AvgIpc) is 3.36. The first-order valence-electron chi connectivity index (χ1n) is 9.82. The Hall–Kier alpha value is -0.570. The third-order valence-corrected chi connectivity index (χ3v) is 7.02. The molecule has 3 nitrogen and oxygen atoms in total. The smallest absolute Gasteiger partial charge is 0.223 e. The van der Waals surface area contributed by atoms with Gasteiger partial charge in [0.25, 0.3) is 0 Å². The lowest BCUT2D eigenvalue weighted by atomic mass is 9.73. The molecule has 0 aromatic rings. The molecule has 0 bridgehead atoms. The summed E-state index contributed by atoms with van der Waals surface area (Å²) in [7, 11) is 0. The van der Waals surface area contributed by atoms with Crippen molar-refractivity contribution in [3.05, 3.63) is 0 Å². The van der Waals surface area contributed by atoms with E-state index in [-0.39, 0.29) is 0 Å². The summed E-state index contributed by atoms with van der Waals surface area (Å²) in [6.07, 6.45) is 13.2. The van der Waals surface area contributed by atoms with Crippen molar-refractivity contribution in [2.75, 3.05) is 13.1 Å². The van der Waals surface area contributed by atoms with Crippen LogP contribution < -0.4 is 10.6 Å². The lowest BCUT2D eigenvalue weighted by Gasteiger charge is -2.39. The minimum absolute atomic E-state index is 0.369. The first kappa shape index (κ1) is 15.0. The van der Waals surface area contributed by atoms with E-state index in [0.29, 0.717) is 17.9 Å². The molecule has 0 radical (unpaired) electrons. The summed E-state index contributed by atoms with van der Waals surface area (Å²) in [5.74, 6) is 4.09. The van der Waals surface area contributed by atoms with Gasteiger partial charge in [0.1, 0.15) is 0 Å². The number of fused-ring (bicyclic) bond motifs is 1. The SMILES string of the molecule is O=C(NC1CCC2CNCCC2C1)C1CC1C1CCCCC1. The molecular formula is C19H32N2O. The van der Waals surface area contributed by atoms with E-state index >= 15 is 0 Å². The number of hydrogen-bond donors (Lipinski definition) is 2. The molecule has 3 saturated carbocycles. The molecule has 3 heteroatoms. The highest BCUT2D eigenvalue weighted by Crippen LogP contribution is 2.49. The Morgan fingerprint density at radius 1 is 0.864 bits per heavy atom. The van der Waals surface area contributed by atoms with Gasteiger partial charge in [0.15, 0.2) is 0 Å². The van der Waals surface area contributed by atoms with Crippen LogP contribution in [-0.4, -0.2) is 25.0 Å². The zero-order valence-electron chi connectivity index (χ0n) is 13.9. The Labute approximate surface area is 135 Å². The van der Waals surface area contributed by atoms with Gasteiger partial charge in [0.2, 0.25) is 5.91 Å². The van der Waals surface area contributed by atoms with E-state index in [4.69, 9.17) is 0 Å². The van der Waals surface area contributed by atoms with Gasteiger partial charge in [-0.05, 0) is 68.9 Å². The molecule has 1 aliphatic heterocycles. The Morgan fingerprint density at radius 3 is 2.59 bits per heavy atom. The maximum Gasteiger partial charge on any atom is 0.223 e. The van der Waals surface area contributed by atoms with E-state index < -0.39 is 0 Å². The van der Waals surface area contributed by atoms with Crippen molar-refractivity contribution < 1.29 is 4.79 Å². The Balaban J connectivity index is 1.24. The second-order valence-electron chi connectivity index (χ2n) is 8.44. The van der Waals surface area contributed by atoms with Gasteiger partial charge in [-0.25, -0.2) is 0 Å². The van der Waals surface area contributed by atoms with E-state index in [1.54, 1.807) is 0 Å². The zero-order valence-corrected chi connectivity index (χ0v) is 13.9. The molecule has 4 aliphatic rings. The average molecular weight is 304 g/mol. The molecule has 5 unspecified atom stereocenters. The number of rotatable bonds is 3. The van der Waals surface area contributed by atoms with Gasteiger partial charge in [0, 0.05) is 12.0 Å². The molecule has 4 fully saturated rings. The van der Waals surface area contributed by atoms with Crippen molar-refractivity contribution in [2.24, 2.45) is 29.6 Å². The van der Waals surface area contributed by atoms with Crippen molar-refractivity contribution in [1.29, 1.82) is 0 Å². The first-order valence-corrected chi connectivity index (χ1v) is 9.82. The third kappa shape index (κ3) is 3.20. The van der Waals surface area contributed by atoms with Crippen LogP contribution in [0.15, 0.2) is 0 Å². The topological polar surface area (TPSA) is 41.1 Å². The van der Waals surface area contributed by atoms with Crippen LogP contribution >= 0.6 is 0 Å². The standard InChI is InChI=1S/C19H32N2O/c22-19(18-11-17(18)13-4-2-1-3-5-13)21-16-7-6-15-12-20-9-8-14(15)10-16/h13-18,20H,1-12H2,(H,21,22). The molecule has 1 heterocycles. The van der Waals surface area contributed by atoms with Gasteiger partial charge in [-0.15, -0.1) is 0 Å². The minimum atomic E-state index is 0.369. The molecule has 0 spiro atoms. The van der Waals surface area contributed by atoms with Crippen molar-refractivity contribution >= 4 is 5.91 Å². The molecule has 0 aromatic carbocycles. The van der Waals surface area contributed by atoms with Crippen LogP contribution in [0.2, 0.25) is 0 Å². The summed E-state index contributed by atoms with van der Waals surface area (Å²) in [6, 6.07) is 0.472. The van der Waals surface area contributed by atoms with Crippen molar-refractivity contribution in [2.45, 2.75) is 70.3 Å². The number of nitrogens with one attached hydrogen (secondary N) is 2. The molecule has 22 heavy (non-hydrogen) atoms. The van der Waals surface area contributed by atoms with Crippen LogP contribution in [0.1, 0.15) is 64.2 Å². The van der Waals surface area contributed by atoms with Crippen LogP contribution in [-0.2, 0) is 4.79 Å². The minimum Gasteiger partial charge on any atom is -0.353 e. The lowest BCUT2D eigenvalue weighted by Crippen LogP contribution is -2.46. The van der Waals surface area contributed by atoms with Crippen LogP contribution in [0.5, 0.6) is 0 Å². The van der Waals surface area contributed by atoms with Gasteiger partial charge in [-0.2, -0.15) is 0 Å². The highest BCUT2D eigenvalue weighted by atomic mass is 16.2. The fraction of sp³-hybridized carbons (Fsp3) is 0.947. The molecule has 1 amide bonds. The first-order chi connectivity index (χ1) is 10.8. The molecule has 5 atom stereocenters. The van der Waals surface area contributed by atoms with E-state index in [2.05, 4.69) is 10.6 Å². The largest absolute Gasteiger partial charge is 0.353 e. The Bertz CT molecular complexity index is 404. The van der Waals surface area contributed by atoms with Crippen LogP contribution in [0.3, 0.4) is 0 Å². The van der Waals surface area contributed by atoms with Gasteiger partial charge in [0.05, 0.1) is 0 Å². The third-order valence-electron chi connectivity index (χ3n) is 7.02. The summed E-state index contributed by atoms with van der Waals surface area (Å²) in [5.41, 5.74) is 0. The second kappa shape index (κ2) is 6.51. The van der Waals surface area contributed by atoms with E-state index in [9.17, 15) is 4.79 Å². The highest BCUT2D eigenvalue weighted by molar-refractivity contribution is 5.81. The van der Waals surface area contributed by atoms with Crippen LogP contribution in [0.4, 0.5) is 0 Å². The number of carbonyl (C=O) groups is 1. The van der Waals surface area contributed by atoms with E-state index in [1.807, 2.05) is 0 Å². The highest BCUT2D eigenvalue weighted by Gasteiger charge is 2.48. The van der Waals surface area contributed by atoms with Gasteiger partial charge in [-0.3, -0.25) is 4.79 Å². The predicted octanol–water partition coefficient (Wildman–Crippen LogP) is 3.10. The Kier molecular flexibility index (Phi) is 4.43. The van der Waals surface area contributed by atoms with Gasteiger partial charge >= 0.3 is 0 Å². The number of piperidine rings is 1. The zero-order chi connectivity index (χ0) is 14.9. The van der Waals surface area contributed by atoms with Crippen LogP contribution in [0, 0.1) is 29.6 Å². The molecule has 1 saturated heterocycles. The molecule has 3 aliphatic carbocycles. The summed E-state index contributed by atoms with van der Waals surface area (Å²) in [4.78, 5) is 12.6. The Morgan fingerprint density at radius 2 is 1.73 bits per heavy atom. The van der Waals surface area contributed by atoms with Gasteiger partial charge in [-0.1, -0.05) is 32.1 Å². The van der Waals surface area contributed by atoms with E-state index in [1.165, 1.54) is 77.3 Å². The monoisotopic (exact) mass is 304 g/mol. The number of amides is 1. The molecule has 4 rings (SSSR count). The molecule has 124 valence electrons. The molecule has 2 N–H and O–H groups in total. The summed E-state index contributed by atoms with van der Waals surface area (Å²) >= 11 is 0. The van der Waals surface area contributed by atoms with Crippen molar-refractivity contribution in [3.63, 3.8) is 0 Å². The van der Waals surface area contributed by atoms with Crippen molar-refractivity contribution in [3.8, 4) is 0 Å². The summed E-state index contributed by atoms with van der Waals surface area (Å²) in [5, 5.41) is 6.95. The maximum absolute atomic E-state index is 12.6. The fourth-order valence-corrected chi connectivity index (χ4v) is 5.56.